The Balaban J connectivity index is 2.03. The fraction of sp³-hybridized carbons (Fsp3) is 0.808. The predicted molar refractivity (Wildman–Crippen MR) is 122 cm³/mol. The van der Waals surface area contributed by atoms with E-state index in [1.165, 1.54) is 39.2 Å². The summed E-state index contributed by atoms with van der Waals surface area (Å²) in [4.78, 5) is 11.0. The molecule has 1 fully saturated rings. The van der Waals surface area contributed by atoms with Gasteiger partial charge in [-0.25, -0.2) is 0 Å². The number of methoxy groups -OCH3 is 1. The van der Waals surface area contributed by atoms with Crippen molar-refractivity contribution in [3.05, 3.63) is 0 Å². The van der Waals surface area contributed by atoms with E-state index in [0.29, 0.717) is 6.42 Å². The number of ether oxygens (including phenoxy) is 3. The van der Waals surface area contributed by atoms with Crippen molar-refractivity contribution in [2.24, 2.45) is 0 Å². The monoisotopic (exact) mass is 418 g/mol. The normalized spacial score (nSPS) is 16.7. The lowest BCUT2D eigenvalue weighted by atomic mass is 10.1. The van der Waals surface area contributed by atoms with Gasteiger partial charge in [-0.2, -0.15) is 0 Å². The molecule has 170 valence electrons. The van der Waals surface area contributed by atoms with Gasteiger partial charge in [0.15, 0.2) is 6.29 Å². The van der Waals surface area contributed by atoms with Gasteiger partial charge in [0.25, 0.3) is 0 Å². The molecule has 0 radical (unpaired) electrons. The molecule has 1 aliphatic heterocycles. The van der Waals surface area contributed by atoms with Gasteiger partial charge in [-0.05, 0) is 44.9 Å². The Kier molecular flexibility index (Phi) is 17.2. The third-order valence-corrected chi connectivity index (χ3v) is 5.18. The molecule has 0 saturated carbocycles. The summed E-state index contributed by atoms with van der Waals surface area (Å²) in [6, 6.07) is 0. The Morgan fingerprint density at radius 2 is 1.67 bits per heavy atom. The quantitative estimate of drug-likeness (QED) is 0.192. The maximum Gasteiger partial charge on any atom is 0.305 e. The second-order valence-corrected chi connectivity index (χ2v) is 7.94. The van der Waals surface area contributed by atoms with Crippen molar-refractivity contribution in [2.75, 3.05) is 13.7 Å². The van der Waals surface area contributed by atoms with E-state index in [1.54, 1.807) is 0 Å². The molecule has 1 heterocycles. The summed E-state index contributed by atoms with van der Waals surface area (Å²) in [7, 11) is 1.42. The maximum absolute atomic E-state index is 11.0. The standard InChI is InChI=1S/C26H42O4/c1-3-4-19-24(30-26-22-17-18-23-29-26)20-15-13-11-9-7-5-6-8-10-12-14-16-21-25(27)28-2/h24,26H,3-9,11,13-14,16-19,21-23H2,1-2H3/t24-,26?/m1/s1. The zero-order valence-corrected chi connectivity index (χ0v) is 19.3. The molecule has 4 heteroatoms. The van der Waals surface area contributed by atoms with Crippen molar-refractivity contribution in [3.8, 4) is 23.7 Å². The van der Waals surface area contributed by atoms with E-state index in [0.717, 1.165) is 70.8 Å². The van der Waals surface area contributed by atoms with Gasteiger partial charge in [0.1, 0.15) is 6.10 Å². The summed E-state index contributed by atoms with van der Waals surface area (Å²) < 4.78 is 16.4. The molecule has 0 aliphatic carbocycles. The molecular weight excluding hydrogens is 376 g/mol. The van der Waals surface area contributed by atoms with Crippen LogP contribution < -0.4 is 0 Å². The zero-order valence-electron chi connectivity index (χ0n) is 19.3. The number of hydrogen-bond acceptors (Lipinski definition) is 4. The van der Waals surface area contributed by atoms with Gasteiger partial charge in [0.05, 0.1) is 7.11 Å². The van der Waals surface area contributed by atoms with E-state index in [4.69, 9.17) is 9.47 Å². The number of rotatable bonds is 14. The Morgan fingerprint density at radius 3 is 2.33 bits per heavy atom. The molecule has 1 saturated heterocycles. The first-order valence-electron chi connectivity index (χ1n) is 12.0. The fourth-order valence-electron chi connectivity index (χ4n) is 3.31. The second-order valence-electron chi connectivity index (χ2n) is 7.94. The minimum atomic E-state index is -0.149. The smallest absolute Gasteiger partial charge is 0.305 e. The molecule has 4 nitrogen and oxygen atoms in total. The number of esters is 1. The molecule has 0 spiro atoms. The molecule has 1 rings (SSSR count). The molecular formula is C26H42O4. The van der Waals surface area contributed by atoms with Crippen LogP contribution >= 0.6 is 0 Å². The van der Waals surface area contributed by atoms with Gasteiger partial charge in [0, 0.05) is 32.3 Å². The summed E-state index contributed by atoms with van der Waals surface area (Å²) >= 11 is 0. The van der Waals surface area contributed by atoms with Crippen LogP contribution in [0, 0.1) is 23.7 Å². The maximum atomic E-state index is 11.0. The average molecular weight is 419 g/mol. The van der Waals surface area contributed by atoms with E-state index in [-0.39, 0.29) is 18.4 Å². The van der Waals surface area contributed by atoms with Gasteiger partial charge in [-0.15, -0.1) is 17.8 Å². The van der Waals surface area contributed by atoms with E-state index in [2.05, 4.69) is 35.3 Å². The van der Waals surface area contributed by atoms with Crippen LogP contribution in [-0.4, -0.2) is 32.1 Å². The van der Waals surface area contributed by atoms with Crippen LogP contribution in [0.3, 0.4) is 0 Å². The molecule has 1 aliphatic rings. The van der Waals surface area contributed by atoms with Gasteiger partial charge in [-0.3, -0.25) is 4.79 Å². The van der Waals surface area contributed by atoms with Gasteiger partial charge < -0.3 is 14.2 Å². The highest BCUT2D eigenvalue weighted by atomic mass is 16.7. The van der Waals surface area contributed by atoms with Crippen LogP contribution in [0.25, 0.3) is 0 Å². The zero-order chi connectivity index (χ0) is 21.7. The minimum absolute atomic E-state index is 0.0271. The van der Waals surface area contributed by atoms with Crippen molar-refractivity contribution < 1.29 is 19.0 Å². The third kappa shape index (κ3) is 15.4. The molecule has 1 unspecified atom stereocenters. The summed E-state index contributed by atoms with van der Waals surface area (Å²) in [5, 5.41) is 0. The highest BCUT2D eigenvalue weighted by Crippen LogP contribution is 2.17. The van der Waals surface area contributed by atoms with Crippen LogP contribution in [0.1, 0.15) is 110 Å². The van der Waals surface area contributed by atoms with Gasteiger partial charge >= 0.3 is 5.97 Å². The molecule has 0 aromatic carbocycles. The summed E-state index contributed by atoms with van der Waals surface area (Å²) in [5.74, 6) is 12.9. The Bertz CT molecular complexity index is 543. The lowest BCUT2D eigenvalue weighted by Crippen LogP contribution is -2.27. The van der Waals surface area contributed by atoms with Crippen LogP contribution in [0.2, 0.25) is 0 Å². The third-order valence-electron chi connectivity index (χ3n) is 5.18. The Morgan fingerprint density at radius 1 is 0.967 bits per heavy atom. The first-order chi connectivity index (χ1) is 14.8. The summed E-state index contributed by atoms with van der Waals surface area (Å²) in [6.07, 6.45) is 16.6. The van der Waals surface area contributed by atoms with Crippen molar-refractivity contribution in [1.29, 1.82) is 0 Å². The SMILES string of the molecule is CCCC[C@H](C#CCCCCCCCC#CCCCC(=O)OC)OC1CCCCO1. The van der Waals surface area contributed by atoms with Crippen molar-refractivity contribution >= 4 is 5.97 Å². The first-order valence-corrected chi connectivity index (χ1v) is 12.0. The summed E-state index contributed by atoms with van der Waals surface area (Å²) in [5.41, 5.74) is 0. The molecule has 0 aromatic rings. The van der Waals surface area contributed by atoms with E-state index in [9.17, 15) is 4.79 Å². The van der Waals surface area contributed by atoms with E-state index >= 15 is 0 Å². The number of unbranched alkanes of at least 4 members (excludes halogenated alkanes) is 8. The van der Waals surface area contributed by atoms with Gasteiger partial charge in [0.2, 0.25) is 0 Å². The number of carbonyl (C=O) groups is 1. The molecule has 0 bridgehead atoms. The lowest BCUT2D eigenvalue weighted by molar-refractivity contribution is -0.177. The van der Waals surface area contributed by atoms with E-state index < -0.39 is 0 Å². The molecule has 0 N–H and O–H groups in total. The molecule has 2 atom stereocenters. The fourth-order valence-corrected chi connectivity index (χ4v) is 3.31. The lowest BCUT2D eigenvalue weighted by Gasteiger charge is -2.25. The average Bonchev–Trinajstić information content (AvgIpc) is 2.77. The Hall–Kier alpha value is -1.49. The summed E-state index contributed by atoms with van der Waals surface area (Å²) in [6.45, 7) is 3.03. The highest BCUT2D eigenvalue weighted by Gasteiger charge is 2.18. The minimum Gasteiger partial charge on any atom is -0.469 e. The second kappa shape index (κ2) is 19.5. The highest BCUT2D eigenvalue weighted by molar-refractivity contribution is 5.69. The van der Waals surface area contributed by atoms with Crippen molar-refractivity contribution in [2.45, 2.75) is 122 Å². The Labute approximate surface area is 184 Å². The van der Waals surface area contributed by atoms with Crippen LogP contribution in [0.5, 0.6) is 0 Å². The number of hydrogen-bond donors (Lipinski definition) is 0. The number of carbonyl (C=O) groups excluding carboxylic acids is 1. The van der Waals surface area contributed by atoms with E-state index in [1.807, 2.05) is 0 Å². The first kappa shape index (κ1) is 26.5. The predicted octanol–water partition coefficient (Wildman–Crippen LogP) is 6.17. The van der Waals surface area contributed by atoms with Gasteiger partial charge in [-0.1, -0.05) is 44.9 Å². The van der Waals surface area contributed by atoms with Crippen molar-refractivity contribution in [3.63, 3.8) is 0 Å². The van der Waals surface area contributed by atoms with Crippen LogP contribution in [0.4, 0.5) is 0 Å². The van der Waals surface area contributed by atoms with Crippen LogP contribution in [-0.2, 0) is 19.0 Å². The van der Waals surface area contributed by atoms with Crippen molar-refractivity contribution in [1.82, 2.24) is 0 Å². The van der Waals surface area contributed by atoms with Crippen LogP contribution in [0.15, 0.2) is 0 Å². The molecule has 0 amide bonds. The molecule has 30 heavy (non-hydrogen) atoms. The molecule has 0 aromatic heterocycles. The topological polar surface area (TPSA) is 44.8 Å². The largest absolute Gasteiger partial charge is 0.469 e.